The first kappa shape index (κ1) is 26.3. The Morgan fingerprint density at radius 3 is 2.25 bits per heavy atom. The number of carbonyl (C=O) groups excluding carboxylic acids is 2. The molecule has 0 saturated carbocycles. The van der Waals surface area contributed by atoms with Crippen LogP contribution >= 0.6 is 34.8 Å². The number of carbonyl (C=O) groups is 2. The average molecular weight is 521 g/mol. The molecule has 0 aliphatic rings. The lowest BCUT2D eigenvalue weighted by atomic mass is 10.1. The van der Waals surface area contributed by atoms with Crippen LogP contribution in [0.1, 0.15) is 19.4 Å². The Morgan fingerprint density at radius 2 is 1.69 bits per heavy atom. The Labute approximate surface area is 203 Å². The van der Waals surface area contributed by atoms with Crippen LogP contribution in [0.5, 0.6) is 0 Å². The predicted octanol–water partition coefficient (Wildman–Crippen LogP) is 3.97. The monoisotopic (exact) mass is 519 g/mol. The Balaban J connectivity index is 2.42. The number of nitrogens with zero attached hydrogens (tertiary/aromatic N) is 2. The third kappa shape index (κ3) is 6.75. The van der Waals surface area contributed by atoms with E-state index in [0.29, 0.717) is 17.1 Å². The number of hydrogen-bond acceptors (Lipinski definition) is 4. The van der Waals surface area contributed by atoms with Gasteiger partial charge < -0.3 is 10.2 Å². The molecule has 7 nitrogen and oxygen atoms in total. The van der Waals surface area contributed by atoms with Crippen molar-refractivity contribution in [3.05, 3.63) is 63.1 Å². The number of likely N-dealkylation sites (N-methyl/N-ethyl adjacent to an activating group) is 1. The van der Waals surface area contributed by atoms with Crippen molar-refractivity contribution in [2.24, 2.45) is 0 Å². The van der Waals surface area contributed by atoms with Gasteiger partial charge in [0.25, 0.3) is 0 Å². The minimum absolute atomic E-state index is 0.0236. The zero-order valence-corrected chi connectivity index (χ0v) is 20.9. The quantitative estimate of drug-likeness (QED) is 0.542. The van der Waals surface area contributed by atoms with Crippen molar-refractivity contribution in [2.45, 2.75) is 26.4 Å². The van der Waals surface area contributed by atoms with Gasteiger partial charge in [0.05, 0.1) is 22.0 Å². The molecule has 32 heavy (non-hydrogen) atoms. The van der Waals surface area contributed by atoms with E-state index in [1.807, 2.05) is 0 Å². The van der Waals surface area contributed by atoms with E-state index < -0.39 is 28.5 Å². The summed E-state index contributed by atoms with van der Waals surface area (Å²) in [6.07, 6.45) is 0.981. The highest BCUT2D eigenvalue weighted by Gasteiger charge is 2.30. The Hall–Kier alpha value is -2.00. The zero-order chi connectivity index (χ0) is 24.1. The van der Waals surface area contributed by atoms with Crippen LogP contribution in [0.15, 0.2) is 42.5 Å². The smallest absolute Gasteiger partial charge is 0.244 e. The Bertz CT molecular complexity index is 1100. The molecule has 0 aliphatic heterocycles. The number of halogens is 3. The van der Waals surface area contributed by atoms with Crippen molar-refractivity contribution in [3.63, 3.8) is 0 Å². The molecular formula is C21H24Cl3N3O4S. The molecular weight excluding hydrogens is 497 g/mol. The molecule has 2 amide bonds. The molecule has 0 saturated heterocycles. The highest BCUT2D eigenvalue weighted by atomic mass is 35.5. The number of amides is 2. The largest absolute Gasteiger partial charge is 0.355 e. The van der Waals surface area contributed by atoms with Gasteiger partial charge in [-0.2, -0.15) is 0 Å². The second kappa shape index (κ2) is 11.2. The lowest BCUT2D eigenvalue weighted by Gasteiger charge is -2.31. The highest BCUT2D eigenvalue weighted by Crippen LogP contribution is 2.28. The van der Waals surface area contributed by atoms with Crippen molar-refractivity contribution in [1.82, 2.24) is 10.2 Å². The van der Waals surface area contributed by atoms with Crippen molar-refractivity contribution >= 4 is 62.3 Å². The summed E-state index contributed by atoms with van der Waals surface area (Å²) in [7, 11) is -3.86. The van der Waals surface area contributed by atoms with Gasteiger partial charge in [-0.05, 0) is 43.7 Å². The van der Waals surface area contributed by atoms with E-state index in [4.69, 9.17) is 34.8 Å². The molecule has 0 spiro atoms. The van der Waals surface area contributed by atoms with Gasteiger partial charge in [-0.25, -0.2) is 8.42 Å². The standard InChI is InChI=1S/C21H24Cl3N3O4S/c1-4-25-21(29)14(2)26(12-15-7-5-6-8-17(15)22)20(28)13-27(32(3,30)31)16-9-10-18(23)19(24)11-16/h5-11,14H,4,12-13H2,1-3H3,(H,25,29)/t14-/m1/s1. The maximum Gasteiger partial charge on any atom is 0.244 e. The van der Waals surface area contributed by atoms with Crippen LogP contribution < -0.4 is 9.62 Å². The molecule has 0 fully saturated rings. The zero-order valence-electron chi connectivity index (χ0n) is 17.8. The van der Waals surface area contributed by atoms with Crippen LogP contribution in [-0.4, -0.2) is 50.5 Å². The number of rotatable bonds is 9. The summed E-state index contributed by atoms with van der Waals surface area (Å²) >= 11 is 18.2. The minimum Gasteiger partial charge on any atom is -0.355 e. The van der Waals surface area contributed by atoms with Gasteiger partial charge in [-0.3, -0.25) is 13.9 Å². The summed E-state index contributed by atoms with van der Waals surface area (Å²) in [4.78, 5) is 27.1. The fraction of sp³-hybridized carbons (Fsp3) is 0.333. The molecule has 0 heterocycles. The molecule has 0 bridgehead atoms. The van der Waals surface area contributed by atoms with Crippen LogP contribution in [0.3, 0.4) is 0 Å². The van der Waals surface area contributed by atoms with Crippen LogP contribution in [0, 0.1) is 0 Å². The number of sulfonamides is 1. The van der Waals surface area contributed by atoms with E-state index >= 15 is 0 Å². The van der Waals surface area contributed by atoms with Gasteiger partial charge in [0.2, 0.25) is 21.8 Å². The van der Waals surface area contributed by atoms with Crippen molar-refractivity contribution in [2.75, 3.05) is 23.7 Å². The van der Waals surface area contributed by atoms with E-state index in [-0.39, 0.29) is 28.2 Å². The summed E-state index contributed by atoms with van der Waals surface area (Å²) < 4.78 is 25.9. The van der Waals surface area contributed by atoms with Gasteiger partial charge in [0, 0.05) is 18.1 Å². The first-order valence-corrected chi connectivity index (χ1v) is 12.7. The molecule has 2 aromatic rings. The van der Waals surface area contributed by atoms with Crippen molar-refractivity contribution < 1.29 is 18.0 Å². The summed E-state index contributed by atoms with van der Waals surface area (Å²) in [6.45, 7) is 3.21. The normalized spacial score (nSPS) is 12.2. The average Bonchev–Trinajstić information content (AvgIpc) is 2.72. The molecule has 0 radical (unpaired) electrons. The summed E-state index contributed by atoms with van der Waals surface area (Å²) in [5.41, 5.74) is 0.803. The maximum atomic E-state index is 13.3. The highest BCUT2D eigenvalue weighted by molar-refractivity contribution is 7.92. The maximum absolute atomic E-state index is 13.3. The molecule has 0 aliphatic carbocycles. The lowest BCUT2D eigenvalue weighted by molar-refractivity contribution is -0.139. The number of hydrogen-bond donors (Lipinski definition) is 1. The predicted molar refractivity (Wildman–Crippen MR) is 129 cm³/mol. The van der Waals surface area contributed by atoms with E-state index in [9.17, 15) is 18.0 Å². The van der Waals surface area contributed by atoms with Crippen molar-refractivity contribution in [1.29, 1.82) is 0 Å². The second-order valence-electron chi connectivity index (χ2n) is 7.05. The molecule has 1 N–H and O–H groups in total. The van der Waals surface area contributed by atoms with Crippen molar-refractivity contribution in [3.8, 4) is 0 Å². The Kier molecular flexibility index (Phi) is 9.21. The fourth-order valence-corrected chi connectivity index (χ4v) is 4.30. The first-order valence-electron chi connectivity index (χ1n) is 9.69. The number of benzene rings is 2. The SMILES string of the molecule is CCNC(=O)[C@@H](C)N(Cc1ccccc1Cl)C(=O)CN(c1ccc(Cl)c(Cl)c1)S(C)(=O)=O. The van der Waals surface area contributed by atoms with Crippen LogP contribution in [0.25, 0.3) is 0 Å². The molecule has 0 aromatic heterocycles. The van der Waals surface area contributed by atoms with Crippen LogP contribution in [0.2, 0.25) is 15.1 Å². The molecule has 0 unspecified atom stereocenters. The summed E-state index contributed by atoms with van der Waals surface area (Å²) in [5.74, 6) is -0.950. The summed E-state index contributed by atoms with van der Waals surface area (Å²) in [6, 6.07) is 10.3. The van der Waals surface area contributed by atoms with Crippen LogP contribution in [-0.2, 0) is 26.2 Å². The Morgan fingerprint density at radius 1 is 1.03 bits per heavy atom. The van der Waals surface area contributed by atoms with E-state index in [0.717, 1.165) is 10.6 Å². The number of nitrogens with one attached hydrogen (secondary N) is 1. The number of anilines is 1. The van der Waals surface area contributed by atoms with Gasteiger partial charge >= 0.3 is 0 Å². The van der Waals surface area contributed by atoms with Gasteiger partial charge in [0.15, 0.2) is 0 Å². The van der Waals surface area contributed by atoms with E-state index in [1.54, 1.807) is 38.1 Å². The third-order valence-electron chi connectivity index (χ3n) is 4.69. The fourth-order valence-electron chi connectivity index (χ4n) is 2.97. The van der Waals surface area contributed by atoms with E-state index in [2.05, 4.69) is 5.32 Å². The molecule has 174 valence electrons. The molecule has 1 atom stereocenters. The summed E-state index contributed by atoms with van der Waals surface area (Å²) in [5, 5.41) is 3.51. The van der Waals surface area contributed by atoms with Crippen LogP contribution in [0.4, 0.5) is 5.69 Å². The van der Waals surface area contributed by atoms with E-state index in [1.165, 1.54) is 23.1 Å². The first-order chi connectivity index (χ1) is 15.0. The van der Waals surface area contributed by atoms with Gasteiger partial charge in [0.1, 0.15) is 12.6 Å². The van der Waals surface area contributed by atoms with Gasteiger partial charge in [-0.1, -0.05) is 53.0 Å². The van der Waals surface area contributed by atoms with Gasteiger partial charge in [-0.15, -0.1) is 0 Å². The second-order valence-corrected chi connectivity index (χ2v) is 10.2. The molecule has 2 rings (SSSR count). The lowest BCUT2D eigenvalue weighted by Crippen LogP contribution is -2.51. The third-order valence-corrected chi connectivity index (χ3v) is 6.94. The molecule has 2 aromatic carbocycles. The topological polar surface area (TPSA) is 86.8 Å². The molecule has 11 heteroatoms. The minimum atomic E-state index is -3.86.